The van der Waals surface area contributed by atoms with Crippen molar-refractivity contribution in [3.8, 4) is 11.4 Å². The summed E-state index contributed by atoms with van der Waals surface area (Å²) in [6.45, 7) is 6.34. The molecule has 6 nitrogen and oxygen atoms in total. The largest absolute Gasteiger partial charge is 0.308 e. The first kappa shape index (κ1) is 12.5. The third kappa shape index (κ3) is 2.33. The van der Waals surface area contributed by atoms with Gasteiger partial charge in [0.1, 0.15) is 5.82 Å². The average Bonchev–Trinajstić information content (AvgIpc) is 2.71. The predicted molar refractivity (Wildman–Crippen MR) is 70.7 cm³/mol. The third-order valence-electron chi connectivity index (χ3n) is 2.58. The minimum Gasteiger partial charge on any atom is -0.308 e. The fourth-order valence-electron chi connectivity index (χ4n) is 1.77. The van der Waals surface area contributed by atoms with Crippen LogP contribution in [0.4, 0.5) is 5.82 Å². The molecule has 0 aliphatic carbocycles. The zero-order chi connectivity index (χ0) is 13.3. The number of aryl methyl sites for hydroxylation is 1. The van der Waals surface area contributed by atoms with Crippen LogP contribution in [0.2, 0.25) is 0 Å². The average molecular weight is 246 g/mol. The summed E-state index contributed by atoms with van der Waals surface area (Å²) in [5.41, 5.74) is 4.36. The van der Waals surface area contributed by atoms with E-state index in [9.17, 15) is 0 Å². The highest BCUT2D eigenvalue weighted by molar-refractivity contribution is 5.60. The molecule has 96 valence electrons. The number of nitrogens with two attached hydrogens (primary N) is 1. The summed E-state index contributed by atoms with van der Waals surface area (Å²) in [6, 6.07) is 1.72. The first-order valence-electron chi connectivity index (χ1n) is 5.76. The lowest BCUT2D eigenvalue weighted by Crippen LogP contribution is -2.14. The van der Waals surface area contributed by atoms with E-state index in [1.165, 1.54) is 0 Å². The van der Waals surface area contributed by atoms with Crippen LogP contribution in [-0.2, 0) is 12.5 Å². The van der Waals surface area contributed by atoms with Crippen molar-refractivity contribution in [2.24, 2.45) is 12.9 Å². The van der Waals surface area contributed by atoms with Crippen molar-refractivity contribution in [2.45, 2.75) is 26.2 Å². The maximum absolute atomic E-state index is 5.36. The second-order valence-electron chi connectivity index (χ2n) is 5.22. The number of aromatic nitrogens is 4. The Kier molecular flexibility index (Phi) is 3.04. The smallest absolute Gasteiger partial charge is 0.165 e. The van der Waals surface area contributed by atoms with Crippen molar-refractivity contribution in [3.63, 3.8) is 0 Å². The van der Waals surface area contributed by atoms with Gasteiger partial charge in [-0.25, -0.2) is 15.8 Å². The van der Waals surface area contributed by atoms with Gasteiger partial charge < -0.3 is 5.43 Å². The van der Waals surface area contributed by atoms with E-state index in [0.29, 0.717) is 11.6 Å². The third-order valence-corrected chi connectivity index (χ3v) is 2.58. The molecule has 6 heteroatoms. The van der Waals surface area contributed by atoms with Gasteiger partial charge in [0, 0.05) is 30.9 Å². The summed E-state index contributed by atoms with van der Waals surface area (Å²) < 4.78 is 1.78. The number of nitrogens with zero attached hydrogens (tertiary/aromatic N) is 4. The molecule has 0 amide bonds. The van der Waals surface area contributed by atoms with Gasteiger partial charge in [-0.15, -0.1) is 0 Å². The van der Waals surface area contributed by atoms with Gasteiger partial charge in [-0.2, -0.15) is 5.10 Å². The lowest BCUT2D eigenvalue weighted by molar-refractivity contribution is 0.554. The van der Waals surface area contributed by atoms with Gasteiger partial charge in [-0.05, 0) is 0 Å². The lowest BCUT2D eigenvalue weighted by Gasteiger charge is -2.16. The van der Waals surface area contributed by atoms with Crippen LogP contribution < -0.4 is 11.3 Å². The van der Waals surface area contributed by atoms with Crippen LogP contribution in [0.25, 0.3) is 11.4 Å². The number of nitrogen functional groups attached to an aromatic ring is 1. The van der Waals surface area contributed by atoms with Gasteiger partial charge in [0.15, 0.2) is 5.82 Å². The molecule has 2 heterocycles. The van der Waals surface area contributed by atoms with Crippen molar-refractivity contribution in [3.05, 3.63) is 24.2 Å². The number of rotatable bonds is 2. The van der Waals surface area contributed by atoms with Crippen molar-refractivity contribution >= 4 is 5.82 Å². The van der Waals surface area contributed by atoms with E-state index in [2.05, 4.69) is 41.3 Å². The van der Waals surface area contributed by atoms with E-state index in [1.807, 2.05) is 13.2 Å². The van der Waals surface area contributed by atoms with Gasteiger partial charge in [-0.1, -0.05) is 20.8 Å². The Morgan fingerprint density at radius 1 is 1.33 bits per heavy atom. The van der Waals surface area contributed by atoms with Crippen LogP contribution in [0.1, 0.15) is 26.5 Å². The van der Waals surface area contributed by atoms with E-state index in [4.69, 9.17) is 5.84 Å². The predicted octanol–water partition coefficient (Wildman–Crippen LogP) is 1.46. The molecular weight excluding hydrogens is 228 g/mol. The summed E-state index contributed by atoms with van der Waals surface area (Å²) in [6.07, 6.45) is 3.60. The molecule has 18 heavy (non-hydrogen) atoms. The molecular formula is C12H18N6. The molecule has 3 N–H and O–H groups in total. The van der Waals surface area contributed by atoms with E-state index in [0.717, 1.165) is 11.3 Å². The number of nitrogens with one attached hydrogen (secondary N) is 1. The standard InChI is InChI=1S/C12H18N6/c1-12(2,3)10-8(7-18(4)17-10)11-14-6-5-9(15-11)16-13/h5-7H,13H2,1-4H3,(H,14,15,16). The summed E-state index contributed by atoms with van der Waals surface area (Å²) in [4.78, 5) is 8.63. The summed E-state index contributed by atoms with van der Waals surface area (Å²) in [7, 11) is 1.89. The molecule has 0 fully saturated rings. The van der Waals surface area contributed by atoms with Crippen LogP contribution in [-0.4, -0.2) is 19.7 Å². The van der Waals surface area contributed by atoms with Crippen LogP contribution >= 0.6 is 0 Å². The van der Waals surface area contributed by atoms with Crippen LogP contribution in [0.3, 0.4) is 0 Å². The zero-order valence-electron chi connectivity index (χ0n) is 11.1. The van der Waals surface area contributed by atoms with E-state index < -0.39 is 0 Å². The summed E-state index contributed by atoms with van der Waals surface area (Å²) in [5.74, 6) is 6.58. The second-order valence-corrected chi connectivity index (χ2v) is 5.22. The fraction of sp³-hybridized carbons (Fsp3) is 0.417. The molecule has 0 radical (unpaired) electrons. The molecule has 2 aromatic heterocycles. The number of anilines is 1. The molecule has 0 atom stereocenters. The van der Waals surface area contributed by atoms with Crippen LogP contribution in [0.15, 0.2) is 18.5 Å². The number of hydrogen-bond acceptors (Lipinski definition) is 5. The molecule has 0 aliphatic heterocycles. The quantitative estimate of drug-likeness (QED) is 0.619. The Morgan fingerprint density at radius 3 is 2.67 bits per heavy atom. The Labute approximate surface area is 106 Å². The van der Waals surface area contributed by atoms with Gasteiger partial charge in [0.25, 0.3) is 0 Å². The highest BCUT2D eigenvalue weighted by Gasteiger charge is 2.24. The minimum absolute atomic E-state index is 0.0634. The zero-order valence-corrected chi connectivity index (χ0v) is 11.1. The van der Waals surface area contributed by atoms with E-state index >= 15 is 0 Å². The van der Waals surface area contributed by atoms with E-state index in [-0.39, 0.29) is 5.41 Å². The van der Waals surface area contributed by atoms with Gasteiger partial charge in [-0.3, -0.25) is 4.68 Å². The molecule has 0 bridgehead atoms. The number of hydrogen-bond donors (Lipinski definition) is 2. The highest BCUT2D eigenvalue weighted by atomic mass is 15.3. The Balaban J connectivity index is 2.56. The van der Waals surface area contributed by atoms with Crippen molar-refractivity contribution in [1.82, 2.24) is 19.7 Å². The van der Waals surface area contributed by atoms with Crippen LogP contribution in [0.5, 0.6) is 0 Å². The maximum Gasteiger partial charge on any atom is 0.165 e. The summed E-state index contributed by atoms with van der Waals surface area (Å²) >= 11 is 0. The number of hydrazine groups is 1. The molecule has 0 unspecified atom stereocenters. The Morgan fingerprint density at radius 2 is 2.06 bits per heavy atom. The molecule has 2 rings (SSSR count). The van der Waals surface area contributed by atoms with Crippen molar-refractivity contribution < 1.29 is 0 Å². The van der Waals surface area contributed by atoms with E-state index in [1.54, 1.807) is 16.9 Å². The van der Waals surface area contributed by atoms with Gasteiger partial charge in [0.2, 0.25) is 0 Å². The second kappa shape index (κ2) is 4.38. The van der Waals surface area contributed by atoms with Gasteiger partial charge >= 0.3 is 0 Å². The SMILES string of the molecule is Cn1cc(-c2nccc(NN)n2)c(C(C)(C)C)n1. The maximum atomic E-state index is 5.36. The Bertz CT molecular complexity index is 552. The molecule has 0 saturated heterocycles. The van der Waals surface area contributed by atoms with Crippen LogP contribution in [0, 0.1) is 0 Å². The normalized spacial score (nSPS) is 11.6. The highest BCUT2D eigenvalue weighted by Crippen LogP contribution is 2.29. The molecule has 0 aromatic carbocycles. The first-order valence-corrected chi connectivity index (χ1v) is 5.76. The monoisotopic (exact) mass is 246 g/mol. The summed E-state index contributed by atoms with van der Waals surface area (Å²) in [5, 5.41) is 4.50. The molecule has 2 aromatic rings. The van der Waals surface area contributed by atoms with Crippen molar-refractivity contribution in [1.29, 1.82) is 0 Å². The minimum atomic E-state index is -0.0634. The molecule has 0 spiro atoms. The lowest BCUT2D eigenvalue weighted by atomic mass is 9.89. The topological polar surface area (TPSA) is 81.7 Å². The van der Waals surface area contributed by atoms with Gasteiger partial charge in [0.05, 0.1) is 11.3 Å². The fourth-order valence-corrected chi connectivity index (χ4v) is 1.77. The van der Waals surface area contributed by atoms with Crippen molar-refractivity contribution in [2.75, 3.05) is 5.43 Å². The molecule has 0 aliphatic rings. The molecule has 0 saturated carbocycles. The Hall–Kier alpha value is -1.95. The first-order chi connectivity index (χ1) is 8.41.